The Bertz CT molecular complexity index is 1100. The summed E-state index contributed by atoms with van der Waals surface area (Å²) in [5.74, 6) is -2.97. The Morgan fingerprint density at radius 1 is 1.10 bits per heavy atom. The molecule has 0 fully saturated rings. The maximum Gasteiger partial charge on any atom is 0.270 e. The molecule has 0 radical (unpaired) electrons. The van der Waals surface area contributed by atoms with Crippen molar-refractivity contribution in [2.24, 2.45) is 0 Å². The largest absolute Gasteiger partial charge is 0.441 e. The molecule has 3 aromatic rings. The lowest BCUT2D eigenvalue weighted by Crippen LogP contribution is -2.41. The van der Waals surface area contributed by atoms with E-state index in [-0.39, 0.29) is 41.3 Å². The van der Waals surface area contributed by atoms with Crippen LogP contribution in [-0.2, 0) is 11.2 Å². The summed E-state index contributed by atoms with van der Waals surface area (Å²) in [6.45, 7) is 0. The molecule has 1 aromatic heterocycles. The summed E-state index contributed by atoms with van der Waals surface area (Å²) in [6.07, 6.45) is 1.02. The summed E-state index contributed by atoms with van der Waals surface area (Å²) in [5.41, 5.74) is 3.67. The van der Waals surface area contributed by atoms with Crippen molar-refractivity contribution in [1.29, 1.82) is 0 Å². The number of nitrogens with zero attached hydrogens (tertiary/aromatic N) is 2. The lowest BCUT2D eigenvalue weighted by atomic mass is 10.1. The molecule has 2 amide bonds. The first-order valence-corrected chi connectivity index (χ1v) is 8.58. The third-order valence-corrected chi connectivity index (χ3v) is 3.96. The molecule has 3 rings (SSSR count). The Morgan fingerprint density at radius 2 is 1.80 bits per heavy atom. The number of nitro groups is 1. The summed E-state index contributed by atoms with van der Waals surface area (Å²) in [6, 6.07) is 8.37. The molecule has 2 N–H and O–H groups in total. The van der Waals surface area contributed by atoms with E-state index in [9.17, 15) is 28.5 Å². The van der Waals surface area contributed by atoms with Gasteiger partial charge in [0.15, 0.2) is 11.7 Å². The van der Waals surface area contributed by atoms with Crippen LogP contribution in [0.1, 0.15) is 22.7 Å². The van der Waals surface area contributed by atoms with Gasteiger partial charge in [0.2, 0.25) is 5.91 Å². The second-order valence-electron chi connectivity index (χ2n) is 6.02. The van der Waals surface area contributed by atoms with E-state index in [2.05, 4.69) is 15.8 Å². The molecule has 0 saturated heterocycles. The molecule has 0 bridgehead atoms. The fourth-order valence-corrected chi connectivity index (χ4v) is 2.52. The maximum atomic E-state index is 13.8. The Kier molecular flexibility index (Phi) is 6.11. The zero-order valence-electron chi connectivity index (χ0n) is 15.2. The average molecular weight is 416 g/mol. The van der Waals surface area contributed by atoms with Crippen LogP contribution in [0.15, 0.2) is 53.1 Å². The topological polar surface area (TPSA) is 127 Å². The number of benzene rings is 2. The first-order chi connectivity index (χ1) is 14.3. The molecule has 11 heteroatoms. The van der Waals surface area contributed by atoms with Crippen molar-refractivity contribution < 1.29 is 27.7 Å². The van der Waals surface area contributed by atoms with Crippen molar-refractivity contribution in [2.75, 3.05) is 0 Å². The van der Waals surface area contributed by atoms with Crippen LogP contribution in [0.3, 0.4) is 0 Å². The van der Waals surface area contributed by atoms with E-state index < -0.39 is 28.4 Å². The van der Waals surface area contributed by atoms with Crippen molar-refractivity contribution in [1.82, 2.24) is 15.8 Å². The van der Waals surface area contributed by atoms with Crippen LogP contribution >= 0.6 is 0 Å². The van der Waals surface area contributed by atoms with E-state index in [0.29, 0.717) is 0 Å². The van der Waals surface area contributed by atoms with Gasteiger partial charge in [-0.15, -0.1) is 0 Å². The molecule has 0 aliphatic carbocycles. The van der Waals surface area contributed by atoms with Crippen LogP contribution in [0.4, 0.5) is 14.5 Å². The average Bonchev–Trinajstić information content (AvgIpc) is 3.19. The zero-order chi connectivity index (χ0) is 21.7. The summed E-state index contributed by atoms with van der Waals surface area (Å²) < 4.78 is 32.8. The van der Waals surface area contributed by atoms with Gasteiger partial charge in [0.25, 0.3) is 11.6 Å². The van der Waals surface area contributed by atoms with Crippen molar-refractivity contribution in [3.05, 3.63) is 81.9 Å². The number of non-ortho nitro benzene ring substituents is 1. The van der Waals surface area contributed by atoms with Crippen LogP contribution in [0.5, 0.6) is 0 Å². The Balaban J connectivity index is 1.53. The summed E-state index contributed by atoms with van der Waals surface area (Å²) in [4.78, 5) is 37.8. The molecule has 30 heavy (non-hydrogen) atoms. The first-order valence-electron chi connectivity index (χ1n) is 8.58. The minimum absolute atomic E-state index is 0.00578. The number of rotatable bonds is 6. The van der Waals surface area contributed by atoms with E-state index in [1.54, 1.807) is 0 Å². The van der Waals surface area contributed by atoms with Gasteiger partial charge in [-0.05, 0) is 18.2 Å². The highest BCUT2D eigenvalue weighted by atomic mass is 19.1. The van der Waals surface area contributed by atoms with E-state index in [4.69, 9.17) is 4.42 Å². The number of hydrazine groups is 1. The van der Waals surface area contributed by atoms with Crippen LogP contribution in [-0.4, -0.2) is 21.7 Å². The van der Waals surface area contributed by atoms with Crippen molar-refractivity contribution in [3.8, 4) is 11.3 Å². The number of aryl methyl sites for hydroxylation is 1. The highest BCUT2D eigenvalue weighted by Gasteiger charge is 2.17. The first kappa shape index (κ1) is 20.6. The standard InChI is InChI=1S/C19H14F2N4O5/c20-13-5-2-6-14(21)18(13)15-10-22-17(30-15)8-7-16(26)23-24-19(27)11-3-1-4-12(9-11)25(28)29/h1-6,9-10H,7-8H2,(H,23,26)(H,24,27). The Labute approximate surface area is 167 Å². The summed E-state index contributed by atoms with van der Waals surface area (Å²) in [5, 5.41) is 10.7. The van der Waals surface area contributed by atoms with Crippen LogP contribution in [0.25, 0.3) is 11.3 Å². The second kappa shape index (κ2) is 8.90. The monoisotopic (exact) mass is 416 g/mol. The van der Waals surface area contributed by atoms with Crippen molar-refractivity contribution >= 4 is 17.5 Å². The number of carbonyl (C=O) groups is 2. The third kappa shape index (κ3) is 4.82. The number of nitrogens with one attached hydrogen (secondary N) is 2. The quantitative estimate of drug-likeness (QED) is 0.470. The number of carbonyl (C=O) groups excluding carboxylic acids is 2. The van der Waals surface area contributed by atoms with E-state index in [0.717, 1.165) is 24.4 Å². The van der Waals surface area contributed by atoms with Crippen LogP contribution in [0.2, 0.25) is 0 Å². The molecule has 0 spiro atoms. The fourth-order valence-electron chi connectivity index (χ4n) is 2.52. The van der Waals surface area contributed by atoms with Gasteiger partial charge in [0.1, 0.15) is 11.6 Å². The molecule has 2 aromatic carbocycles. The Hall–Kier alpha value is -4.15. The maximum absolute atomic E-state index is 13.8. The van der Waals surface area contributed by atoms with E-state index in [1.807, 2.05) is 0 Å². The molecule has 1 heterocycles. The minimum atomic E-state index is -0.806. The highest BCUT2D eigenvalue weighted by molar-refractivity contribution is 5.95. The lowest BCUT2D eigenvalue weighted by molar-refractivity contribution is -0.384. The highest BCUT2D eigenvalue weighted by Crippen LogP contribution is 2.26. The van der Waals surface area contributed by atoms with Gasteiger partial charge >= 0.3 is 0 Å². The second-order valence-corrected chi connectivity index (χ2v) is 6.02. The van der Waals surface area contributed by atoms with Gasteiger partial charge in [0.05, 0.1) is 16.7 Å². The van der Waals surface area contributed by atoms with E-state index in [1.165, 1.54) is 24.3 Å². The molecular weight excluding hydrogens is 402 g/mol. The Morgan fingerprint density at radius 3 is 2.50 bits per heavy atom. The summed E-state index contributed by atoms with van der Waals surface area (Å²) in [7, 11) is 0. The number of nitro benzene ring substituents is 1. The third-order valence-electron chi connectivity index (χ3n) is 3.96. The van der Waals surface area contributed by atoms with Gasteiger partial charge in [-0.25, -0.2) is 13.8 Å². The van der Waals surface area contributed by atoms with Gasteiger partial charge in [0, 0.05) is 30.5 Å². The van der Waals surface area contributed by atoms with Gasteiger partial charge in [-0.1, -0.05) is 12.1 Å². The fraction of sp³-hybridized carbons (Fsp3) is 0.105. The van der Waals surface area contributed by atoms with Crippen LogP contribution in [0, 0.1) is 21.7 Å². The molecule has 154 valence electrons. The molecule has 0 atom stereocenters. The molecule has 0 saturated carbocycles. The normalized spacial score (nSPS) is 10.5. The van der Waals surface area contributed by atoms with Gasteiger partial charge in [-0.3, -0.25) is 30.6 Å². The number of hydrogen-bond acceptors (Lipinski definition) is 6. The smallest absolute Gasteiger partial charge is 0.270 e. The zero-order valence-corrected chi connectivity index (χ0v) is 15.2. The van der Waals surface area contributed by atoms with Gasteiger partial charge in [-0.2, -0.15) is 0 Å². The predicted octanol–water partition coefficient (Wildman–Crippen LogP) is 2.92. The molecule has 0 unspecified atom stereocenters. The number of halogens is 2. The lowest BCUT2D eigenvalue weighted by Gasteiger charge is -2.06. The SMILES string of the molecule is O=C(CCc1ncc(-c2c(F)cccc2F)o1)NNC(=O)c1cccc([N+](=O)[O-])c1. The number of hydrogen-bond donors (Lipinski definition) is 2. The number of amides is 2. The molecule has 9 nitrogen and oxygen atoms in total. The van der Waals surface area contributed by atoms with Crippen LogP contribution < -0.4 is 10.9 Å². The van der Waals surface area contributed by atoms with Gasteiger partial charge < -0.3 is 4.42 Å². The molecular formula is C19H14F2N4O5. The predicted molar refractivity (Wildman–Crippen MR) is 98.9 cm³/mol. The molecule has 0 aliphatic rings. The minimum Gasteiger partial charge on any atom is -0.441 e. The van der Waals surface area contributed by atoms with Crippen molar-refractivity contribution in [3.63, 3.8) is 0 Å². The number of oxazole rings is 1. The van der Waals surface area contributed by atoms with E-state index >= 15 is 0 Å². The summed E-state index contributed by atoms with van der Waals surface area (Å²) >= 11 is 0. The van der Waals surface area contributed by atoms with Crippen molar-refractivity contribution in [2.45, 2.75) is 12.8 Å². The molecule has 0 aliphatic heterocycles. The number of aromatic nitrogens is 1.